The number of amides is 1. The molecule has 0 atom stereocenters. The molecule has 0 fully saturated rings. The Bertz CT molecular complexity index is 858. The fourth-order valence-electron chi connectivity index (χ4n) is 2.47. The highest BCUT2D eigenvalue weighted by Gasteiger charge is 2.17. The van der Waals surface area contributed by atoms with E-state index < -0.39 is 10.8 Å². The normalized spacial score (nSPS) is 10.3. The summed E-state index contributed by atoms with van der Waals surface area (Å²) in [5.41, 5.74) is 6.36. The van der Waals surface area contributed by atoms with E-state index in [1.165, 1.54) is 18.2 Å². The van der Waals surface area contributed by atoms with Gasteiger partial charge in [0.05, 0.1) is 4.92 Å². The van der Waals surface area contributed by atoms with Crippen LogP contribution in [0.3, 0.4) is 0 Å². The van der Waals surface area contributed by atoms with Gasteiger partial charge in [-0.2, -0.15) is 0 Å². The number of anilines is 1. The zero-order valence-electron chi connectivity index (χ0n) is 16.4. The molecule has 0 radical (unpaired) electrons. The van der Waals surface area contributed by atoms with E-state index in [0.29, 0.717) is 24.7 Å². The molecule has 0 unspecified atom stereocenters. The topological polar surface area (TPSA) is 108 Å². The molecule has 2 aromatic rings. The number of nitrogens with zero attached hydrogens (tertiary/aromatic N) is 1. The maximum atomic E-state index is 12.3. The van der Waals surface area contributed by atoms with Gasteiger partial charge in [-0.05, 0) is 42.3 Å². The minimum Gasteiger partial charge on any atom is -0.375 e. The van der Waals surface area contributed by atoms with Crippen molar-refractivity contribution in [2.75, 3.05) is 11.9 Å². The number of thiocarbonyl (C=S) groups is 1. The van der Waals surface area contributed by atoms with Crippen LogP contribution in [0.15, 0.2) is 48.5 Å². The Hall–Kier alpha value is -3.20. The van der Waals surface area contributed by atoms with Crippen molar-refractivity contribution in [2.24, 2.45) is 5.92 Å². The number of carbonyl (C=O) groups excluding carboxylic acids is 1. The molecular formula is C20H25N5O3S. The number of rotatable bonds is 8. The third kappa shape index (κ3) is 7.38. The molecule has 8 nitrogen and oxygen atoms in total. The molecule has 0 aliphatic heterocycles. The van der Waals surface area contributed by atoms with Crippen LogP contribution in [0.4, 0.5) is 11.4 Å². The first-order valence-electron chi connectivity index (χ1n) is 9.27. The van der Waals surface area contributed by atoms with Crippen molar-refractivity contribution in [3.8, 4) is 0 Å². The van der Waals surface area contributed by atoms with E-state index in [2.05, 4.69) is 35.3 Å². The quantitative estimate of drug-likeness (QED) is 0.297. The predicted octanol–water partition coefficient (Wildman–Crippen LogP) is 3.36. The maximum Gasteiger partial charge on any atom is 0.293 e. The molecule has 0 heterocycles. The van der Waals surface area contributed by atoms with Gasteiger partial charge in [-0.1, -0.05) is 44.2 Å². The molecule has 0 saturated heterocycles. The van der Waals surface area contributed by atoms with Crippen LogP contribution in [0.25, 0.3) is 0 Å². The number of carbonyl (C=O) groups is 1. The van der Waals surface area contributed by atoms with Crippen molar-refractivity contribution in [3.05, 3.63) is 69.8 Å². The number of hydrogen-bond acceptors (Lipinski definition) is 5. The molecule has 2 rings (SSSR count). The summed E-state index contributed by atoms with van der Waals surface area (Å²) in [6.07, 6.45) is 0.944. The Balaban J connectivity index is 1.96. The molecule has 0 saturated carbocycles. The number of nitro benzene ring substituents is 1. The lowest BCUT2D eigenvalue weighted by atomic mass is 10.1. The molecular weight excluding hydrogens is 390 g/mol. The summed E-state index contributed by atoms with van der Waals surface area (Å²) in [5.74, 6) is 0.0187. The van der Waals surface area contributed by atoms with Gasteiger partial charge in [0.2, 0.25) is 0 Å². The Kier molecular flexibility index (Phi) is 8.35. The fraction of sp³-hybridized carbons (Fsp3) is 0.300. The molecule has 1 amide bonds. The van der Waals surface area contributed by atoms with E-state index in [0.717, 1.165) is 12.0 Å². The molecule has 9 heteroatoms. The SMILES string of the molecule is CC(C)CCNC(=S)NNC(=O)c1ccc(NCc2ccccc2)c([N+](=O)[O-])c1. The molecule has 0 aliphatic rings. The van der Waals surface area contributed by atoms with Crippen LogP contribution in [0.5, 0.6) is 0 Å². The van der Waals surface area contributed by atoms with Crippen molar-refractivity contribution in [2.45, 2.75) is 26.8 Å². The molecule has 29 heavy (non-hydrogen) atoms. The van der Waals surface area contributed by atoms with E-state index in [-0.39, 0.29) is 16.4 Å². The number of nitrogens with one attached hydrogen (secondary N) is 4. The van der Waals surface area contributed by atoms with E-state index in [1.54, 1.807) is 0 Å². The van der Waals surface area contributed by atoms with Crippen LogP contribution < -0.4 is 21.5 Å². The summed E-state index contributed by atoms with van der Waals surface area (Å²) >= 11 is 5.09. The lowest BCUT2D eigenvalue weighted by Crippen LogP contribution is -2.47. The van der Waals surface area contributed by atoms with Gasteiger partial charge in [0.1, 0.15) is 5.69 Å². The molecule has 0 aliphatic carbocycles. The van der Waals surface area contributed by atoms with E-state index in [4.69, 9.17) is 12.2 Å². The second kappa shape index (κ2) is 11.0. The zero-order chi connectivity index (χ0) is 21.2. The average molecular weight is 416 g/mol. The lowest BCUT2D eigenvalue weighted by molar-refractivity contribution is -0.384. The molecule has 0 bridgehead atoms. The van der Waals surface area contributed by atoms with Gasteiger partial charge in [0.25, 0.3) is 11.6 Å². The molecule has 0 aromatic heterocycles. The molecule has 154 valence electrons. The summed E-state index contributed by atoms with van der Waals surface area (Å²) in [6, 6.07) is 13.8. The summed E-state index contributed by atoms with van der Waals surface area (Å²) < 4.78 is 0. The summed E-state index contributed by atoms with van der Waals surface area (Å²) in [5, 5.41) is 17.7. The largest absolute Gasteiger partial charge is 0.375 e. The van der Waals surface area contributed by atoms with Gasteiger partial charge >= 0.3 is 0 Å². The second-order valence-corrected chi connectivity index (χ2v) is 7.25. The summed E-state index contributed by atoms with van der Waals surface area (Å²) in [6.45, 7) is 5.33. The van der Waals surface area contributed by atoms with Gasteiger partial charge in [-0.25, -0.2) is 0 Å². The minimum absolute atomic E-state index is 0.152. The van der Waals surface area contributed by atoms with Gasteiger partial charge in [-0.3, -0.25) is 25.8 Å². The van der Waals surface area contributed by atoms with Crippen molar-refractivity contribution in [1.82, 2.24) is 16.2 Å². The van der Waals surface area contributed by atoms with E-state index >= 15 is 0 Å². The third-order valence-electron chi connectivity index (χ3n) is 4.08. The minimum atomic E-state index is -0.518. The highest BCUT2D eigenvalue weighted by Crippen LogP contribution is 2.26. The van der Waals surface area contributed by atoms with Crippen LogP contribution >= 0.6 is 12.2 Å². The molecule has 0 spiro atoms. The summed E-state index contributed by atoms with van der Waals surface area (Å²) in [4.78, 5) is 23.2. The summed E-state index contributed by atoms with van der Waals surface area (Å²) in [7, 11) is 0. The van der Waals surface area contributed by atoms with Gasteiger partial charge in [0.15, 0.2) is 5.11 Å². The monoisotopic (exact) mass is 415 g/mol. The first kappa shape index (κ1) is 22.1. The molecule has 4 N–H and O–H groups in total. The highest BCUT2D eigenvalue weighted by molar-refractivity contribution is 7.80. The van der Waals surface area contributed by atoms with Crippen molar-refractivity contribution in [1.29, 1.82) is 0 Å². The Labute approximate surface area is 175 Å². The second-order valence-electron chi connectivity index (χ2n) is 6.85. The van der Waals surface area contributed by atoms with Gasteiger partial charge < -0.3 is 10.6 Å². The predicted molar refractivity (Wildman–Crippen MR) is 118 cm³/mol. The van der Waals surface area contributed by atoms with Gasteiger partial charge in [-0.15, -0.1) is 0 Å². The standard InChI is InChI=1S/C20H25N5O3S/c1-14(2)10-11-21-20(29)24-23-19(26)16-8-9-17(18(12-16)25(27)28)22-13-15-6-4-3-5-7-15/h3-9,12,14,22H,10-11,13H2,1-2H3,(H,23,26)(H2,21,24,29). The maximum absolute atomic E-state index is 12.3. The molecule has 2 aromatic carbocycles. The van der Waals surface area contributed by atoms with E-state index in [9.17, 15) is 14.9 Å². The van der Waals surface area contributed by atoms with Crippen LogP contribution in [0.1, 0.15) is 36.2 Å². The van der Waals surface area contributed by atoms with Crippen LogP contribution in [0.2, 0.25) is 0 Å². The zero-order valence-corrected chi connectivity index (χ0v) is 17.2. The number of nitro groups is 1. The smallest absolute Gasteiger partial charge is 0.293 e. The van der Waals surface area contributed by atoms with Crippen molar-refractivity contribution in [3.63, 3.8) is 0 Å². The number of benzene rings is 2. The Morgan fingerprint density at radius 3 is 2.52 bits per heavy atom. The first-order valence-corrected chi connectivity index (χ1v) is 9.68. The van der Waals surface area contributed by atoms with Crippen LogP contribution in [-0.2, 0) is 6.54 Å². The van der Waals surface area contributed by atoms with Gasteiger partial charge in [0, 0.05) is 24.7 Å². The Morgan fingerprint density at radius 1 is 1.14 bits per heavy atom. The van der Waals surface area contributed by atoms with Crippen molar-refractivity contribution >= 4 is 34.6 Å². The third-order valence-corrected chi connectivity index (χ3v) is 4.33. The average Bonchev–Trinajstić information content (AvgIpc) is 2.70. The lowest BCUT2D eigenvalue weighted by Gasteiger charge is -2.13. The first-order chi connectivity index (χ1) is 13.9. The Morgan fingerprint density at radius 2 is 1.86 bits per heavy atom. The van der Waals surface area contributed by atoms with Crippen molar-refractivity contribution < 1.29 is 9.72 Å². The van der Waals surface area contributed by atoms with Crippen LogP contribution in [-0.4, -0.2) is 22.5 Å². The fourth-order valence-corrected chi connectivity index (χ4v) is 2.62. The van der Waals surface area contributed by atoms with E-state index in [1.807, 2.05) is 30.3 Å². The number of hydrogen-bond donors (Lipinski definition) is 4. The van der Waals surface area contributed by atoms with Crippen LogP contribution in [0, 0.1) is 16.0 Å². The highest BCUT2D eigenvalue weighted by atomic mass is 32.1. The number of hydrazine groups is 1.